The van der Waals surface area contributed by atoms with Crippen molar-refractivity contribution >= 4 is 11.9 Å². The Morgan fingerprint density at radius 3 is 1.81 bits per heavy atom. The summed E-state index contributed by atoms with van der Waals surface area (Å²) >= 11 is 0. The van der Waals surface area contributed by atoms with Crippen LogP contribution in [0.25, 0.3) is 0 Å². The van der Waals surface area contributed by atoms with E-state index in [-0.39, 0.29) is 6.42 Å². The molecule has 6 heteroatoms. The van der Waals surface area contributed by atoms with Crippen LogP contribution in [0, 0.1) is 17.3 Å². The first kappa shape index (κ1) is 18.2. The van der Waals surface area contributed by atoms with Gasteiger partial charge in [-0.2, -0.15) is 0 Å². The molecule has 0 bridgehead atoms. The summed E-state index contributed by atoms with van der Waals surface area (Å²) < 4.78 is 11.2. The minimum absolute atomic E-state index is 0.0913. The van der Waals surface area contributed by atoms with E-state index in [0.717, 1.165) is 38.5 Å². The molecule has 146 valence electrons. The third kappa shape index (κ3) is 4.06. The normalized spacial score (nSPS) is 40.0. The van der Waals surface area contributed by atoms with Crippen molar-refractivity contribution < 1.29 is 29.3 Å². The molecule has 0 amide bonds. The Morgan fingerprint density at radius 2 is 1.38 bits per heavy atom. The number of carbonyl (C=O) groups excluding carboxylic acids is 2. The zero-order chi connectivity index (χ0) is 18.3. The van der Waals surface area contributed by atoms with Crippen molar-refractivity contribution in [1.82, 2.24) is 0 Å². The molecule has 6 atom stereocenters. The summed E-state index contributed by atoms with van der Waals surface area (Å²) in [7, 11) is 0. The molecule has 0 N–H and O–H groups in total. The summed E-state index contributed by atoms with van der Waals surface area (Å²) in [6, 6.07) is 0. The molecule has 2 heterocycles. The fraction of sp³-hybridized carbons (Fsp3) is 0.900. The van der Waals surface area contributed by atoms with Gasteiger partial charge in [-0.05, 0) is 82.5 Å². The average Bonchev–Trinajstić information content (AvgIpc) is 3.48. The van der Waals surface area contributed by atoms with E-state index in [1.807, 2.05) is 0 Å². The Hall–Kier alpha value is -1.14. The number of carboxylic acid groups (broad SMARTS) is 2. The van der Waals surface area contributed by atoms with Gasteiger partial charge in [-0.3, -0.25) is 0 Å². The summed E-state index contributed by atoms with van der Waals surface area (Å²) in [4.78, 5) is 23.1. The highest BCUT2D eigenvalue weighted by Crippen LogP contribution is 2.49. The zero-order valence-electron chi connectivity index (χ0n) is 15.2. The molecule has 0 aromatic carbocycles. The molecule has 6 unspecified atom stereocenters. The fourth-order valence-corrected chi connectivity index (χ4v) is 5.58. The van der Waals surface area contributed by atoms with Gasteiger partial charge in [-0.1, -0.05) is 0 Å². The Labute approximate surface area is 154 Å². The fourth-order valence-electron chi connectivity index (χ4n) is 5.58. The molecule has 26 heavy (non-hydrogen) atoms. The molecule has 6 nitrogen and oxygen atoms in total. The van der Waals surface area contributed by atoms with Crippen molar-refractivity contribution in [2.75, 3.05) is 0 Å². The number of carboxylic acids is 2. The second-order valence-electron chi connectivity index (χ2n) is 8.99. The number of hydrogen-bond acceptors (Lipinski definition) is 6. The van der Waals surface area contributed by atoms with E-state index in [0.29, 0.717) is 61.9 Å². The molecule has 2 saturated carbocycles. The largest absolute Gasteiger partial charge is 0.550 e. The summed E-state index contributed by atoms with van der Waals surface area (Å²) in [5, 5.41) is 23.1. The molecule has 0 aromatic heterocycles. The second kappa shape index (κ2) is 7.12. The molecule has 4 fully saturated rings. The topological polar surface area (TPSA) is 105 Å². The summed E-state index contributed by atoms with van der Waals surface area (Å²) in [5.74, 6) is -1.47. The van der Waals surface area contributed by atoms with E-state index in [9.17, 15) is 19.8 Å². The maximum atomic E-state index is 12.3. The SMILES string of the molecule is O=C([O-])CCCC(CC1CCC2OC2C1)(CC1CCC2OC2C1)C(=O)[O-]. The van der Waals surface area contributed by atoms with Crippen molar-refractivity contribution in [3.8, 4) is 0 Å². The first-order valence-corrected chi connectivity index (χ1v) is 10.2. The predicted molar refractivity (Wildman–Crippen MR) is 87.5 cm³/mol. The van der Waals surface area contributed by atoms with Gasteiger partial charge in [-0.25, -0.2) is 0 Å². The van der Waals surface area contributed by atoms with Crippen molar-refractivity contribution in [2.24, 2.45) is 17.3 Å². The summed E-state index contributed by atoms with van der Waals surface area (Å²) in [5.41, 5.74) is -0.936. The molecule has 4 rings (SSSR count). The highest BCUT2D eigenvalue weighted by molar-refractivity contribution is 5.72. The van der Waals surface area contributed by atoms with Gasteiger partial charge in [0.05, 0.1) is 24.4 Å². The molecule has 4 aliphatic rings. The van der Waals surface area contributed by atoms with Gasteiger partial charge in [0.25, 0.3) is 0 Å². The minimum Gasteiger partial charge on any atom is -0.550 e. The van der Waals surface area contributed by atoms with Gasteiger partial charge < -0.3 is 29.3 Å². The molecule has 2 saturated heterocycles. The summed E-state index contributed by atoms with van der Waals surface area (Å²) in [6.07, 6.45) is 9.05. The lowest BCUT2D eigenvalue weighted by atomic mass is 9.66. The number of aliphatic carboxylic acids is 2. The number of fused-ring (bicyclic) bond motifs is 2. The Balaban J connectivity index is 1.44. The van der Waals surface area contributed by atoms with Crippen LogP contribution >= 0.6 is 0 Å². The molecule has 2 aliphatic carbocycles. The van der Waals surface area contributed by atoms with Gasteiger partial charge in [0.15, 0.2) is 0 Å². The van der Waals surface area contributed by atoms with Crippen LogP contribution in [0.1, 0.15) is 70.6 Å². The molecule has 2 aliphatic heterocycles. The van der Waals surface area contributed by atoms with Gasteiger partial charge in [-0.15, -0.1) is 0 Å². The average molecular weight is 364 g/mol. The zero-order valence-corrected chi connectivity index (χ0v) is 15.2. The number of rotatable bonds is 9. The number of carbonyl (C=O) groups is 2. The van der Waals surface area contributed by atoms with Gasteiger partial charge in [0.1, 0.15) is 0 Å². The van der Waals surface area contributed by atoms with E-state index < -0.39 is 17.4 Å². The van der Waals surface area contributed by atoms with Crippen molar-refractivity contribution in [3.63, 3.8) is 0 Å². The quantitative estimate of drug-likeness (QED) is 0.554. The van der Waals surface area contributed by atoms with E-state index >= 15 is 0 Å². The lowest BCUT2D eigenvalue weighted by Gasteiger charge is -2.41. The van der Waals surface area contributed by atoms with Crippen LogP contribution in [0.4, 0.5) is 0 Å². The standard InChI is InChI=1S/C20H30O6/c21-18(22)2-1-7-20(19(23)24,10-12-3-5-14-16(8-12)25-14)11-13-4-6-15-17(9-13)26-15/h12-17H,1-11H2,(H,21,22)(H,23,24)/p-2. The summed E-state index contributed by atoms with van der Waals surface area (Å²) in [6.45, 7) is 0. The number of ether oxygens (including phenoxy) is 2. The van der Waals surface area contributed by atoms with Gasteiger partial charge in [0.2, 0.25) is 0 Å². The van der Waals surface area contributed by atoms with Crippen molar-refractivity contribution in [3.05, 3.63) is 0 Å². The van der Waals surface area contributed by atoms with Crippen LogP contribution in [0.3, 0.4) is 0 Å². The minimum atomic E-state index is -1.11. The van der Waals surface area contributed by atoms with E-state index in [1.165, 1.54) is 0 Å². The van der Waals surface area contributed by atoms with Crippen LogP contribution in [-0.4, -0.2) is 36.4 Å². The highest BCUT2D eigenvalue weighted by atomic mass is 16.6. The van der Waals surface area contributed by atoms with Crippen molar-refractivity contribution in [2.45, 2.75) is 95.0 Å². The van der Waals surface area contributed by atoms with Gasteiger partial charge in [0, 0.05) is 17.4 Å². The number of epoxide rings is 2. The smallest absolute Gasteiger partial charge is 0.0844 e. The van der Waals surface area contributed by atoms with Crippen LogP contribution in [0.15, 0.2) is 0 Å². The van der Waals surface area contributed by atoms with E-state index in [4.69, 9.17) is 9.47 Å². The predicted octanol–water partition coefficient (Wildman–Crippen LogP) is 0.558. The van der Waals surface area contributed by atoms with Crippen molar-refractivity contribution in [1.29, 1.82) is 0 Å². The Morgan fingerprint density at radius 1 is 0.846 bits per heavy atom. The Bertz CT molecular complexity index is 531. The second-order valence-corrected chi connectivity index (χ2v) is 8.99. The van der Waals surface area contributed by atoms with Gasteiger partial charge >= 0.3 is 0 Å². The van der Waals surface area contributed by atoms with Crippen LogP contribution in [-0.2, 0) is 19.1 Å². The van der Waals surface area contributed by atoms with Crippen LogP contribution < -0.4 is 10.2 Å². The maximum absolute atomic E-state index is 12.3. The molecule has 0 spiro atoms. The maximum Gasteiger partial charge on any atom is 0.0844 e. The molecule has 0 aromatic rings. The molecular formula is C20H28O6-2. The molecular weight excluding hydrogens is 336 g/mol. The van der Waals surface area contributed by atoms with Crippen LogP contribution in [0.2, 0.25) is 0 Å². The molecule has 0 radical (unpaired) electrons. The lowest BCUT2D eigenvalue weighted by molar-refractivity contribution is -0.322. The third-order valence-corrected chi connectivity index (χ3v) is 7.05. The van der Waals surface area contributed by atoms with Crippen LogP contribution in [0.5, 0.6) is 0 Å². The Kier molecular flexibility index (Phi) is 4.99. The van der Waals surface area contributed by atoms with E-state index in [1.54, 1.807) is 0 Å². The number of hydrogen-bond donors (Lipinski definition) is 0. The third-order valence-electron chi connectivity index (χ3n) is 7.05. The highest BCUT2D eigenvalue weighted by Gasteiger charge is 2.48. The monoisotopic (exact) mass is 364 g/mol. The first-order valence-electron chi connectivity index (χ1n) is 10.2. The van der Waals surface area contributed by atoms with E-state index in [2.05, 4.69) is 0 Å². The lowest BCUT2D eigenvalue weighted by Crippen LogP contribution is -2.46. The first-order chi connectivity index (χ1) is 12.4.